The van der Waals surface area contributed by atoms with Crippen LogP contribution in [0, 0.1) is 6.92 Å². The Bertz CT molecular complexity index is 775. The second-order valence-corrected chi connectivity index (χ2v) is 6.91. The lowest BCUT2D eigenvalue weighted by atomic mass is 10.1. The topological polar surface area (TPSA) is 59.5 Å². The highest BCUT2D eigenvalue weighted by atomic mass is 35.5. The van der Waals surface area contributed by atoms with Crippen LogP contribution >= 0.6 is 11.6 Å². The molecule has 1 atom stereocenters. The second kappa shape index (κ2) is 8.32. The summed E-state index contributed by atoms with van der Waals surface area (Å²) in [7, 11) is 0. The summed E-state index contributed by atoms with van der Waals surface area (Å²) in [5, 5.41) is 0.587. The number of pyridine rings is 1. The van der Waals surface area contributed by atoms with Gasteiger partial charge in [0.05, 0.1) is 6.54 Å². The van der Waals surface area contributed by atoms with Crippen molar-refractivity contribution in [1.29, 1.82) is 0 Å². The molecule has 0 spiro atoms. The fraction of sp³-hybridized carbons (Fsp3) is 0.350. The Kier molecular flexibility index (Phi) is 5.89. The van der Waals surface area contributed by atoms with Gasteiger partial charge < -0.3 is 9.64 Å². The summed E-state index contributed by atoms with van der Waals surface area (Å²) in [6, 6.07) is 10.5. The largest absolute Gasteiger partial charge is 0.472 e. The van der Waals surface area contributed by atoms with E-state index in [1.807, 2.05) is 19.1 Å². The molecular formula is C20H21ClN2O3. The minimum atomic E-state index is -0.0545. The molecule has 1 aliphatic heterocycles. The number of carbonyl (C=O) groups is 2. The van der Waals surface area contributed by atoms with E-state index in [0.717, 1.165) is 12.0 Å². The third-order valence-corrected chi connectivity index (χ3v) is 4.65. The minimum Gasteiger partial charge on any atom is -0.472 e. The maximum absolute atomic E-state index is 12.4. The Morgan fingerprint density at radius 1 is 1.19 bits per heavy atom. The van der Waals surface area contributed by atoms with Crippen LogP contribution in [0.15, 0.2) is 42.6 Å². The lowest BCUT2D eigenvalue weighted by molar-refractivity contribution is -0.130. The van der Waals surface area contributed by atoms with Gasteiger partial charge in [0, 0.05) is 48.7 Å². The average Bonchev–Trinajstić information content (AvgIpc) is 3.10. The van der Waals surface area contributed by atoms with E-state index < -0.39 is 0 Å². The second-order valence-electron chi connectivity index (χ2n) is 6.47. The number of nitrogens with zero attached hydrogens (tertiary/aromatic N) is 2. The van der Waals surface area contributed by atoms with Crippen molar-refractivity contribution in [3.63, 3.8) is 0 Å². The first-order valence-electron chi connectivity index (χ1n) is 8.67. The zero-order valence-corrected chi connectivity index (χ0v) is 15.4. The Morgan fingerprint density at radius 2 is 1.96 bits per heavy atom. The Labute approximate surface area is 157 Å². The van der Waals surface area contributed by atoms with Gasteiger partial charge in [-0.2, -0.15) is 0 Å². The van der Waals surface area contributed by atoms with Crippen LogP contribution in [0.2, 0.25) is 5.02 Å². The van der Waals surface area contributed by atoms with Crippen molar-refractivity contribution in [2.24, 2.45) is 0 Å². The van der Waals surface area contributed by atoms with Crippen molar-refractivity contribution in [3.05, 3.63) is 58.7 Å². The quantitative estimate of drug-likeness (QED) is 0.725. The van der Waals surface area contributed by atoms with E-state index in [1.165, 1.54) is 0 Å². The molecule has 2 heterocycles. The zero-order valence-electron chi connectivity index (χ0n) is 14.7. The van der Waals surface area contributed by atoms with Gasteiger partial charge >= 0.3 is 0 Å². The molecule has 1 fully saturated rings. The monoisotopic (exact) mass is 372 g/mol. The number of hydrogen-bond acceptors (Lipinski definition) is 4. The average molecular weight is 373 g/mol. The molecule has 1 saturated heterocycles. The van der Waals surface area contributed by atoms with Crippen molar-refractivity contribution in [2.45, 2.75) is 32.3 Å². The predicted octanol–water partition coefficient (Wildman–Crippen LogP) is 3.69. The highest BCUT2D eigenvalue weighted by Gasteiger charge is 2.28. The number of ketones is 1. The van der Waals surface area contributed by atoms with Crippen molar-refractivity contribution in [2.75, 3.05) is 13.1 Å². The van der Waals surface area contributed by atoms with Gasteiger partial charge in [0.2, 0.25) is 11.8 Å². The first kappa shape index (κ1) is 18.4. The molecule has 2 aromatic rings. The number of aryl methyl sites for hydroxylation is 1. The van der Waals surface area contributed by atoms with Gasteiger partial charge in [0.25, 0.3) is 0 Å². The lowest BCUT2D eigenvalue weighted by Crippen LogP contribution is -2.31. The molecule has 1 amide bonds. The lowest BCUT2D eigenvalue weighted by Gasteiger charge is -2.17. The minimum absolute atomic E-state index is 0.0183. The summed E-state index contributed by atoms with van der Waals surface area (Å²) >= 11 is 5.82. The number of halogens is 1. The van der Waals surface area contributed by atoms with Crippen LogP contribution in [0.1, 0.15) is 35.2 Å². The maximum Gasteiger partial charge on any atom is 0.223 e. The SMILES string of the molecule is Cc1ccc(O[C@H]2CCN(C(=O)CCC(=O)c3ccc(Cl)cc3)C2)nc1. The first-order valence-corrected chi connectivity index (χ1v) is 9.05. The van der Waals surface area contributed by atoms with E-state index >= 15 is 0 Å². The van der Waals surface area contributed by atoms with Gasteiger partial charge in [-0.25, -0.2) is 4.98 Å². The van der Waals surface area contributed by atoms with Crippen LogP contribution in [-0.2, 0) is 4.79 Å². The van der Waals surface area contributed by atoms with Gasteiger partial charge in [0.1, 0.15) is 6.10 Å². The van der Waals surface area contributed by atoms with Crippen LogP contribution in [0.3, 0.4) is 0 Å². The third kappa shape index (κ3) is 4.82. The molecule has 0 bridgehead atoms. The zero-order chi connectivity index (χ0) is 18.5. The first-order chi connectivity index (χ1) is 12.5. The van der Waals surface area contributed by atoms with E-state index in [1.54, 1.807) is 35.4 Å². The summed E-state index contributed by atoms with van der Waals surface area (Å²) in [5.41, 5.74) is 1.65. The third-order valence-electron chi connectivity index (χ3n) is 4.40. The van der Waals surface area contributed by atoms with Crippen LogP contribution in [-0.4, -0.2) is 40.8 Å². The van der Waals surface area contributed by atoms with Gasteiger partial charge in [0.15, 0.2) is 5.78 Å². The molecule has 5 nitrogen and oxygen atoms in total. The van der Waals surface area contributed by atoms with Crippen LogP contribution in [0.4, 0.5) is 0 Å². The highest BCUT2D eigenvalue weighted by molar-refractivity contribution is 6.30. The highest BCUT2D eigenvalue weighted by Crippen LogP contribution is 2.18. The molecule has 0 aliphatic carbocycles. The molecule has 0 radical (unpaired) electrons. The smallest absolute Gasteiger partial charge is 0.223 e. The van der Waals surface area contributed by atoms with Crippen LogP contribution < -0.4 is 4.74 Å². The molecule has 26 heavy (non-hydrogen) atoms. The Hall–Kier alpha value is -2.40. The van der Waals surface area contributed by atoms with E-state index in [9.17, 15) is 9.59 Å². The van der Waals surface area contributed by atoms with E-state index in [-0.39, 0.29) is 30.6 Å². The number of likely N-dealkylation sites (tertiary alicyclic amines) is 1. The standard InChI is InChI=1S/C20H21ClN2O3/c1-14-2-8-19(22-12-14)26-17-10-11-23(13-17)20(25)9-7-18(24)15-3-5-16(21)6-4-15/h2-6,8,12,17H,7,9-11,13H2,1H3/t17-/m0/s1. The predicted molar refractivity (Wildman–Crippen MR) is 99.6 cm³/mol. The maximum atomic E-state index is 12.4. The number of amides is 1. The number of benzene rings is 1. The van der Waals surface area contributed by atoms with Crippen LogP contribution in [0.25, 0.3) is 0 Å². The molecule has 0 unspecified atom stereocenters. The van der Waals surface area contributed by atoms with Crippen molar-refractivity contribution < 1.29 is 14.3 Å². The molecule has 136 valence electrons. The summed E-state index contributed by atoms with van der Waals surface area (Å²) in [6.07, 6.45) is 2.88. The molecule has 3 rings (SSSR count). The number of aromatic nitrogens is 1. The van der Waals surface area contributed by atoms with E-state index in [0.29, 0.717) is 29.6 Å². The Morgan fingerprint density at radius 3 is 2.65 bits per heavy atom. The van der Waals surface area contributed by atoms with Gasteiger partial charge in [-0.05, 0) is 36.8 Å². The van der Waals surface area contributed by atoms with Crippen molar-refractivity contribution in [1.82, 2.24) is 9.88 Å². The van der Waals surface area contributed by atoms with Crippen molar-refractivity contribution in [3.8, 4) is 5.88 Å². The molecule has 6 heteroatoms. The fourth-order valence-corrected chi connectivity index (χ4v) is 3.03. The molecule has 1 aliphatic rings. The van der Waals surface area contributed by atoms with Gasteiger partial charge in [-0.15, -0.1) is 0 Å². The molecule has 1 aromatic carbocycles. The summed E-state index contributed by atoms with van der Waals surface area (Å²) in [4.78, 5) is 30.5. The van der Waals surface area contributed by atoms with Crippen LogP contribution in [0.5, 0.6) is 5.88 Å². The number of carbonyl (C=O) groups excluding carboxylic acids is 2. The fourth-order valence-electron chi connectivity index (χ4n) is 2.90. The number of hydrogen-bond donors (Lipinski definition) is 0. The van der Waals surface area contributed by atoms with Gasteiger partial charge in [-0.1, -0.05) is 17.7 Å². The normalized spacial score (nSPS) is 16.5. The van der Waals surface area contributed by atoms with Gasteiger partial charge in [-0.3, -0.25) is 9.59 Å². The Balaban J connectivity index is 1.46. The number of Topliss-reactive ketones (excluding diaryl/α,β-unsaturated/α-hetero) is 1. The van der Waals surface area contributed by atoms with E-state index in [4.69, 9.17) is 16.3 Å². The molecule has 1 aromatic heterocycles. The van der Waals surface area contributed by atoms with Crippen molar-refractivity contribution >= 4 is 23.3 Å². The summed E-state index contributed by atoms with van der Waals surface area (Å²) < 4.78 is 5.83. The summed E-state index contributed by atoms with van der Waals surface area (Å²) in [5.74, 6) is 0.508. The number of ether oxygens (including phenoxy) is 1. The molecular weight excluding hydrogens is 352 g/mol. The molecule has 0 saturated carbocycles. The molecule has 0 N–H and O–H groups in total. The number of rotatable bonds is 6. The van der Waals surface area contributed by atoms with E-state index in [2.05, 4.69) is 4.98 Å². The summed E-state index contributed by atoms with van der Waals surface area (Å²) in [6.45, 7) is 3.14.